The smallest absolute Gasteiger partial charge is 0.291 e. The summed E-state index contributed by atoms with van der Waals surface area (Å²) in [5.41, 5.74) is 0.942. The summed E-state index contributed by atoms with van der Waals surface area (Å²) in [7, 11) is 0. The highest BCUT2D eigenvalue weighted by atomic mass is 32.1. The minimum Gasteiger partial charge on any atom is -0.342 e. The summed E-state index contributed by atoms with van der Waals surface area (Å²) in [5, 5.41) is 7.50. The van der Waals surface area contributed by atoms with Crippen LogP contribution in [0.5, 0.6) is 0 Å². The van der Waals surface area contributed by atoms with Crippen LogP contribution in [0.2, 0.25) is 0 Å². The highest BCUT2D eigenvalue weighted by Crippen LogP contribution is 2.39. The highest BCUT2D eigenvalue weighted by Gasteiger charge is 2.31. The van der Waals surface area contributed by atoms with Gasteiger partial charge in [0.1, 0.15) is 5.82 Å². The maximum Gasteiger partial charge on any atom is 0.291 e. The van der Waals surface area contributed by atoms with Crippen molar-refractivity contribution in [2.75, 3.05) is 0 Å². The van der Waals surface area contributed by atoms with Crippen LogP contribution < -0.4 is 5.32 Å². The fourth-order valence-corrected chi connectivity index (χ4v) is 3.68. The number of hydrogen-bond donors (Lipinski definition) is 1. The first kappa shape index (κ1) is 16.0. The van der Waals surface area contributed by atoms with Crippen LogP contribution >= 0.6 is 11.3 Å². The Kier molecular flexibility index (Phi) is 4.13. The lowest BCUT2D eigenvalue weighted by Crippen LogP contribution is -2.27. The van der Waals surface area contributed by atoms with Gasteiger partial charge in [0.05, 0.1) is 11.7 Å². The van der Waals surface area contributed by atoms with Gasteiger partial charge in [-0.3, -0.25) is 4.79 Å². The molecule has 0 radical (unpaired) electrons. The number of rotatable bonds is 5. The summed E-state index contributed by atoms with van der Waals surface area (Å²) in [6.07, 6.45) is 2.22. The Morgan fingerprint density at radius 2 is 2.00 bits per heavy atom. The molecule has 4 rings (SSSR count). The molecule has 1 aliphatic carbocycles. The van der Waals surface area contributed by atoms with E-state index in [9.17, 15) is 4.79 Å². The van der Waals surface area contributed by atoms with E-state index in [2.05, 4.69) is 34.5 Å². The van der Waals surface area contributed by atoms with Crippen LogP contribution in [-0.2, 0) is 0 Å². The molecule has 1 unspecified atom stereocenters. The standard InChI is InChI=1S/C19H20N4OS/c1-12-8-11-16(25-12)13(2)20-19(24)17-21-18(14-9-10-14)23(22-17)15-6-4-3-5-7-15/h3-8,11,13-14H,9-10H2,1-2H3,(H,20,24). The number of aromatic nitrogens is 3. The number of benzene rings is 1. The minimum absolute atomic E-state index is 0.0562. The molecule has 1 N–H and O–H groups in total. The highest BCUT2D eigenvalue weighted by molar-refractivity contribution is 7.12. The van der Waals surface area contributed by atoms with E-state index >= 15 is 0 Å². The van der Waals surface area contributed by atoms with Gasteiger partial charge in [-0.15, -0.1) is 16.4 Å². The molecule has 2 aromatic heterocycles. The molecule has 0 bridgehead atoms. The fraction of sp³-hybridized carbons (Fsp3) is 0.316. The van der Waals surface area contributed by atoms with Crippen LogP contribution in [0.1, 0.15) is 57.9 Å². The molecular formula is C19H20N4OS. The molecule has 1 aliphatic rings. The van der Waals surface area contributed by atoms with E-state index in [1.807, 2.05) is 41.9 Å². The van der Waals surface area contributed by atoms with Crippen molar-refractivity contribution in [3.63, 3.8) is 0 Å². The number of para-hydroxylation sites is 1. The average molecular weight is 352 g/mol. The van der Waals surface area contributed by atoms with Crippen LogP contribution in [0.25, 0.3) is 5.69 Å². The maximum absolute atomic E-state index is 12.6. The predicted molar refractivity (Wildman–Crippen MR) is 98.3 cm³/mol. The Morgan fingerprint density at radius 3 is 2.64 bits per heavy atom. The zero-order valence-electron chi connectivity index (χ0n) is 14.3. The number of nitrogens with one attached hydrogen (secondary N) is 1. The Balaban J connectivity index is 1.59. The molecule has 1 saturated carbocycles. The molecule has 0 aliphatic heterocycles. The van der Waals surface area contributed by atoms with Crippen molar-refractivity contribution in [3.05, 3.63) is 63.9 Å². The summed E-state index contributed by atoms with van der Waals surface area (Å²) in [5.74, 6) is 1.31. The Labute approximate surface area is 150 Å². The van der Waals surface area contributed by atoms with Gasteiger partial charge in [-0.25, -0.2) is 9.67 Å². The second-order valence-corrected chi connectivity index (χ2v) is 7.78. The van der Waals surface area contributed by atoms with Gasteiger partial charge < -0.3 is 5.32 Å². The van der Waals surface area contributed by atoms with Crippen molar-refractivity contribution in [2.24, 2.45) is 0 Å². The molecule has 1 amide bonds. The van der Waals surface area contributed by atoms with Crippen LogP contribution in [-0.4, -0.2) is 20.7 Å². The third-order valence-corrected chi connectivity index (χ3v) is 5.50. The zero-order valence-corrected chi connectivity index (χ0v) is 15.1. The summed E-state index contributed by atoms with van der Waals surface area (Å²) in [6.45, 7) is 4.05. The second kappa shape index (κ2) is 6.44. The first-order valence-electron chi connectivity index (χ1n) is 8.51. The quantitative estimate of drug-likeness (QED) is 0.755. The van der Waals surface area contributed by atoms with E-state index < -0.39 is 0 Å². The third kappa shape index (κ3) is 3.35. The first-order valence-corrected chi connectivity index (χ1v) is 9.33. The van der Waals surface area contributed by atoms with Crippen LogP contribution in [0.3, 0.4) is 0 Å². The lowest BCUT2D eigenvalue weighted by atomic mass is 10.2. The summed E-state index contributed by atoms with van der Waals surface area (Å²) in [4.78, 5) is 19.5. The van der Waals surface area contributed by atoms with Crippen molar-refractivity contribution in [1.82, 2.24) is 20.1 Å². The van der Waals surface area contributed by atoms with Crippen LogP contribution in [0, 0.1) is 6.92 Å². The molecule has 0 spiro atoms. The van der Waals surface area contributed by atoms with Crippen molar-refractivity contribution in [3.8, 4) is 5.69 Å². The van der Waals surface area contributed by atoms with Gasteiger partial charge in [0, 0.05) is 15.7 Å². The predicted octanol–water partition coefficient (Wildman–Crippen LogP) is 4.01. The lowest BCUT2D eigenvalue weighted by molar-refractivity contribution is 0.0930. The number of nitrogens with zero attached hydrogens (tertiary/aromatic N) is 3. The van der Waals surface area contributed by atoms with Gasteiger partial charge in [0.2, 0.25) is 5.82 Å². The Hall–Kier alpha value is -2.47. The molecule has 2 heterocycles. The van der Waals surface area contributed by atoms with Crippen molar-refractivity contribution in [2.45, 2.75) is 38.6 Å². The van der Waals surface area contributed by atoms with E-state index in [1.54, 1.807) is 11.3 Å². The Morgan fingerprint density at radius 1 is 1.24 bits per heavy atom. The monoisotopic (exact) mass is 352 g/mol. The molecule has 1 fully saturated rings. The van der Waals surface area contributed by atoms with Crippen molar-refractivity contribution in [1.29, 1.82) is 0 Å². The van der Waals surface area contributed by atoms with E-state index in [0.717, 1.165) is 29.2 Å². The van der Waals surface area contributed by atoms with Gasteiger partial charge >= 0.3 is 0 Å². The first-order chi connectivity index (χ1) is 12.1. The third-order valence-electron chi connectivity index (χ3n) is 4.31. The normalized spacial score (nSPS) is 15.1. The SMILES string of the molecule is Cc1ccc(C(C)NC(=O)c2nc(C3CC3)n(-c3ccccc3)n2)s1. The number of amides is 1. The lowest BCUT2D eigenvalue weighted by Gasteiger charge is -2.10. The van der Waals surface area contributed by atoms with E-state index in [1.165, 1.54) is 4.88 Å². The van der Waals surface area contributed by atoms with Crippen molar-refractivity contribution < 1.29 is 4.79 Å². The molecule has 1 aromatic carbocycles. The van der Waals surface area contributed by atoms with Gasteiger partial charge in [0.15, 0.2) is 0 Å². The van der Waals surface area contributed by atoms with Gasteiger partial charge in [-0.05, 0) is 51.0 Å². The molecular weight excluding hydrogens is 332 g/mol. The molecule has 5 nitrogen and oxygen atoms in total. The molecule has 6 heteroatoms. The average Bonchev–Trinajstić information content (AvgIpc) is 3.21. The molecule has 128 valence electrons. The maximum atomic E-state index is 12.6. The number of carbonyl (C=O) groups is 1. The fourth-order valence-electron chi connectivity index (χ4n) is 2.80. The molecule has 25 heavy (non-hydrogen) atoms. The van der Waals surface area contributed by atoms with E-state index in [-0.39, 0.29) is 17.8 Å². The van der Waals surface area contributed by atoms with Gasteiger partial charge in [-0.1, -0.05) is 18.2 Å². The molecule has 1 atom stereocenters. The Bertz CT molecular complexity index is 895. The zero-order chi connectivity index (χ0) is 17.4. The minimum atomic E-state index is -0.227. The topological polar surface area (TPSA) is 59.8 Å². The van der Waals surface area contributed by atoms with E-state index in [0.29, 0.717) is 5.92 Å². The number of aryl methyl sites for hydroxylation is 1. The number of carbonyl (C=O) groups excluding carboxylic acids is 1. The number of thiophene rings is 1. The second-order valence-electron chi connectivity index (χ2n) is 6.46. The van der Waals surface area contributed by atoms with Crippen LogP contribution in [0.4, 0.5) is 0 Å². The van der Waals surface area contributed by atoms with Crippen LogP contribution in [0.15, 0.2) is 42.5 Å². The number of hydrogen-bond acceptors (Lipinski definition) is 4. The van der Waals surface area contributed by atoms with Crippen molar-refractivity contribution >= 4 is 17.2 Å². The summed E-state index contributed by atoms with van der Waals surface area (Å²) >= 11 is 1.69. The summed E-state index contributed by atoms with van der Waals surface area (Å²) in [6, 6.07) is 13.9. The molecule has 3 aromatic rings. The van der Waals surface area contributed by atoms with Gasteiger partial charge in [-0.2, -0.15) is 0 Å². The largest absolute Gasteiger partial charge is 0.342 e. The summed E-state index contributed by atoms with van der Waals surface area (Å²) < 4.78 is 1.81. The molecule has 0 saturated heterocycles. The van der Waals surface area contributed by atoms with E-state index in [4.69, 9.17) is 0 Å². The van der Waals surface area contributed by atoms with Gasteiger partial charge in [0.25, 0.3) is 5.91 Å².